The van der Waals surface area contributed by atoms with Crippen LogP contribution in [-0.2, 0) is 4.57 Å². The fraction of sp³-hybridized carbons (Fsp3) is 0. The fourth-order valence-corrected chi connectivity index (χ4v) is 11.6. The zero-order valence-corrected chi connectivity index (χ0v) is 30.1. The van der Waals surface area contributed by atoms with Gasteiger partial charge in [-0.3, -0.25) is 13.9 Å². The first-order valence-electron chi connectivity index (χ1n) is 18.2. The minimum atomic E-state index is -3.73. The molecule has 6 heteroatoms. The first-order chi connectivity index (χ1) is 26.7. The highest BCUT2D eigenvalue weighted by Crippen LogP contribution is 2.70. The summed E-state index contributed by atoms with van der Waals surface area (Å²) in [4.78, 5) is 0. The summed E-state index contributed by atoms with van der Waals surface area (Å²) in [5.74, 6) is 0. The average Bonchev–Trinajstić information content (AvgIpc) is 3.85. The van der Waals surface area contributed by atoms with Gasteiger partial charge in [-0.2, -0.15) is 0 Å². The van der Waals surface area contributed by atoms with Crippen molar-refractivity contribution in [3.63, 3.8) is 0 Å². The molecule has 0 saturated carbocycles. The van der Waals surface area contributed by atoms with E-state index in [1.807, 2.05) is 48.5 Å². The number of fused-ring (bicyclic) bond motifs is 7. The largest absolute Gasteiger partial charge is 0.309 e. The van der Waals surface area contributed by atoms with Crippen LogP contribution in [0.2, 0.25) is 0 Å². The topological polar surface area (TPSA) is 33.4 Å². The summed E-state index contributed by atoms with van der Waals surface area (Å²) in [6, 6.07) is 69.4. The van der Waals surface area contributed by atoms with Crippen LogP contribution >= 0.6 is 7.44 Å². The van der Waals surface area contributed by atoms with Gasteiger partial charge in [0.15, 0.2) is 0 Å². The van der Waals surface area contributed by atoms with Gasteiger partial charge in [0.2, 0.25) is 0 Å². The molecule has 0 amide bonds. The van der Waals surface area contributed by atoms with E-state index < -0.39 is 7.44 Å². The lowest BCUT2D eigenvalue weighted by Gasteiger charge is -2.34. The molecule has 256 valence electrons. The molecule has 11 rings (SSSR count). The Morgan fingerprint density at radius 3 is 1.00 bits per heavy atom. The van der Waals surface area contributed by atoms with Crippen LogP contribution in [0.1, 0.15) is 0 Å². The second-order valence-electron chi connectivity index (χ2n) is 13.8. The molecule has 54 heavy (non-hydrogen) atoms. The normalized spacial score (nSPS) is 13.7. The number of nitrogens with zero attached hydrogens (tertiary/aromatic N) is 4. The maximum Gasteiger partial charge on any atom is 0.301 e. The van der Waals surface area contributed by atoms with Crippen molar-refractivity contribution in [3.8, 4) is 11.4 Å². The SMILES string of the molecule is O=P1(c2cc(-n3c4ccccc4c4ccccc43)cc(-n3c4ccccc4c4ccccc43)c2)N(c2ccccc2)c2ccccc2N1c1ccccc1. The zero-order valence-electron chi connectivity index (χ0n) is 29.2. The van der Waals surface area contributed by atoms with Gasteiger partial charge in [0.1, 0.15) is 0 Å². The Morgan fingerprint density at radius 2 is 0.630 bits per heavy atom. The zero-order chi connectivity index (χ0) is 35.8. The Bertz CT molecular complexity index is 2800. The first-order valence-corrected chi connectivity index (χ1v) is 19.8. The van der Waals surface area contributed by atoms with Gasteiger partial charge >= 0.3 is 7.44 Å². The molecule has 0 radical (unpaired) electrons. The van der Waals surface area contributed by atoms with Crippen molar-refractivity contribution in [3.05, 3.63) is 200 Å². The van der Waals surface area contributed by atoms with Crippen LogP contribution < -0.4 is 14.6 Å². The van der Waals surface area contributed by atoms with E-state index in [4.69, 9.17) is 0 Å². The third kappa shape index (κ3) is 4.36. The van der Waals surface area contributed by atoms with Crippen molar-refractivity contribution >= 4 is 79.1 Å². The van der Waals surface area contributed by atoms with Crippen LogP contribution in [0.4, 0.5) is 22.7 Å². The van der Waals surface area contributed by atoms with Gasteiger partial charge in [-0.15, -0.1) is 0 Å². The molecular formula is C48H33N4OP. The molecule has 0 N–H and O–H groups in total. The number of rotatable bonds is 5. The van der Waals surface area contributed by atoms with Gasteiger partial charge in [-0.05, 0) is 78.9 Å². The summed E-state index contributed by atoms with van der Waals surface area (Å²) in [5, 5.41) is 5.42. The first kappa shape index (κ1) is 30.8. The van der Waals surface area contributed by atoms with E-state index in [-0.39, 0.29) is 0 Å². The second-order valence-corrected chi connectivity index (χ2v) is 16.2. The van der Waals surface area contributed by atoms with E-state index in [1.165, 1.54) is 21.5 Å². The monoisotopic (exact) mass is 712 g/mol. The van der Waals surface area contributed by atoms with E-state index in [0.29, 0.717) is 0 Å². The van der Waals surface area contributed by atoms with E-state index >= 15 is 4.57 Å². The number of benzene rings is 8. The van der Waals surface area contributed by atoms with Gasteiger partial charge in [0.05, 0.1) is 38.7 Å². The van der Waals surface area contributed by atoms with Crippen molar-refractivity contribution in [2.75, 3.05) is 9.34 Å². The van der Waals surface area contributed by atoms with Crippen molar-refractivity contribution in [1.82, 2.24) is 9.13 Å². The van der Waals surface area contributed by atoms with Crippen molar-refractivity contribution in [1.29, 1.82) is 0 Å². The predicted molar refractivity (Wildman–Crippen MR) is 226 cm³/mol. The van der Waals surface area contributed by atoms with Crippen LogP contribution in [-0.4, -0.2) is 9.13 Å². The number of hydrogen-bond acceptors (Lipinski definition) is 1. The Hall–Kier alpha value is -6.81. The molecule has 5 nitrogen and oxygen atoms in total. The van der Waals surface area contributed by atoms with E-state index in [2.05, 4.69) is 170 Å². The highest BCUT2D eigenvalue weighted by molar-refractivity contribution is 7.76. The average molecular weight is 713 g/mol. The summed E-state index contributed by atoms with van der Waals surface area (Å²) in [6.07, 6.45) is 0. The predicted octanol–water partition coefficient (Wildman–Crippen LogP) is 12.7. The Morgan fingerprint density at radius 1 is 0.315 bits per heavy atom. The third-order valence-electron chi connectivity index (χ3n) is 10.8. The lowest BCUT2D eigenvalue weighted by Crippen LogP contribution is -2.27. The van der Waals surface area contributed by atoms with Crippen molar-refractivity contribution in [2.45, 2.75) is 0 Å². The van der Waals surface area contributed by atoms with E-state index in [0.717, 1.165) is 61.5 Å². The van der Waals surface area contributed by atoms with Crippen LogP contribution in [0.5, 0.6) is 0 Å². The van der Waals surface area contributed by atoms with Crippen molar-refractivity contribution < 1.29 is 4.57 Å². The maximum absolute atomic E-state index is 17.1. The number of aromatic nitrogens is 2. The van der Waals surface area contributed by atoms with Gasteiger partial charge in [0, 0.05) is 44.3 Å². The van der Waals surface area contributed by atoms with Gasteiger partial charge in [-0.25, -0.2) is 0 Å². The van der Waals surface area contributed by atoms with E-state index in [1.54, 1.807) is 0 Å². The molecule has 0 atom stereocenters. The lowest BCUT2D eigenvalue weighted by molar-refractivity contribution is 0.582. The molecule has 0 fully saturated rings. The number of hydrogen-bond donors (Lipinski definition) is 0. The molecule has 0 unspecified atom stereocenters. The molecule has 10 aromatic rings. The molecule has 1 aliphatic heterocycles. The summed E-state index contributed by atoms with van der Waals surface area (Å²) in [5.41, 5.74) is 9.79. The Balaban J connectivity index is 1.29. The van der Waals surface area contributed by atoms with Gasteiger partial charge < -0.3 is 9.13 Å². The van der Waals surface area contributed by atoms with Crippen LogP contribution in [0.3, 0.4) is 0 Å². The molecular weight excluding hydrogens is 680 g/mol. The highest BCUT2D eigenvalue weighted by Gasteiger charge is 2.49. The molecule has 3 heterocycles. The Labute approximate surface area is 312 Å². The minimum absolute atomic E-state index is 0.725. The quantitative estimate of drug-likeness (QED) is 0.167. The highest BCUT2D eigenvalue weighted by atomic mass is 31.2. The molecule has 0 spiro atoms. The second kappa shape index (κ2) is 11.9. The molecule has 2 aromatic heterocycles. The number of para-hydroxylation sites is 8. The van der Waals surface area contributed by atoms with E-state index in [9.17, 15) is 0 Å². The lowest BCUT2D eigenvalue weighted by atomic mass is 10.2. The standard InChI is InChI=1S/C48H33N4OP/c53-54(51(34-17-3-1-4-18-34)47-29-15-16-30-48(47)52(54)35-19-5-2-6-20-35)38-32-36(49-43-25-11-7-21-39(43)40-22-8-12-26-44(40)49)31-37(33-38)50-45-27-13-9-23-41(45)42-24-10-14-28-46(42)50/h1-33H. The molecule has 0 bridgehead atoms. The maximum atomic E-state index is 17.1. The summed E-state index contributed by atoms with van der Waals surface area (Å²) >= 11 is 0. The summed E-state index contributed by atoms with van der Waals surface area (Å²) < 4.78 is 25.9. The van der Waals surface area contributed by atoms with Gasteiger partial charge in [-0.1, -0.05) is 121 Å². The molecule has 0 saturated heterocycles. The molecule has 1 aliphatic rings. The number of anilines is 4. The summed E-state index contributed by atoms with van der Waals surface area (Å²) in [6.45, 7) is 0. The fourth-order valence-electron chi connectivity index (χ4n) is 8.57. The molecule has 0 aliphatic carbocycles. The third-order valence-corrected chi connectivity index (χ3v) is 13.7. The van der Waals surface area contributed by atoms with Crippen LogP contribution in [0.15, 0.2) is 200 Å². The Kier molecular flexibility index (Phi) is 6.76. The van der Waals surface area contributed by atoms with Crippen molar-refractivity contribution in [2.24, 2.45) is 0 Å². The molecule has 8 aromatic carbocycles. The minimum Gasteiger partial charge on any atom is -0.309 e. The summed E-state index contributed by atoms with van der Waals surface area (Å²) in [7, 11) is -3.73. The van der Waals surface area contributed by atoms with Gasteiger partial charge in [0.25, 0.3) is 0 Å². The van der Waals surface area contributed by atoms with Crippen LogP contribution in [0.25, 0.3) is 55.0 Å². The smallest absolute Gasteiger partial charge is 0.301 e. The van der Waals surface area contributed by atoms with Crippen LogP contribution in [0, 0.1) is 0 Å².